The molecule has 5 N–H and O–H groups in total. The van der Waals surface area contributed by atoms with Crippen LogP contribution in [0.2, 0.25) is 5.15 Å². The molecule has 1 atom stereocenters. The van der Waals surface area contributed by atoms with Gasteiger partial charge in [-0.1, -0.05) is 11.6 Å². The summed E-state index contributed by atoms with van der Waals surface area (Å²) in [5.41, 5.74) is 2.32. The maximum Gasteiger partial charge on any atom is 0.276 e. The van der Waals surface area contributed by atoms with Gasteiger partial charge in [-0.05, 0) is 70.0 Å². The molecule has 3 fully saturated rings. The molecule has 0 bridgehead atoms. The van der Waals surface area contributed by atoms with Gasteiger partial charge >= 0.3 is 0 Å². The van der Waals surface area contributed by atoms with Crippen LogP contribution in [0.1, 0.15) is 61.9 Å². The van der Waals surface area contributed by atoms with E-state index in [-0.39, 0.29) is 29.9 Å². The van der Waals surface area contributed by atoms with Gasteiger partial charge in [0.05, 0.1) is 17.9 Å². The van der Waals surface area contributed by atoms with Crippen molar-refractivity contribution in [2.24, 2.45) is 0 Å². The smallest absolute Gasteiger partial charge is 0.276 e. The van der Waals surface area contributed by atoms with Gasteiger partial charge in [-0.15, -0.1) is 5.10 Å². The van der Waals surface area contributed by atoms with Crippen LogP contribution in [0.4, 0.5) is 17.2 Å². The van der Waals surface area contributed by atoms with Crippen molar-refractivity contribution in [1.82, 2.24) is 30.2 Å². The molecule has 0 spiro atoms. The number of hydrogen-bond donors (Lipinski definition) is 5. The lowest BCUT2D eigenvalue weighted by Gasteiger charge is -2.30. The van der Waals surface area contributed by atoms with E-state index in [1.54, 1.807) is 16.6 Å². The number of halogens is 1. The summed E-state index contributed by atoms with van der Waals surface area (Å²) in [4.78, 5) is 34.0. The molecule has 2 aliphatic carbocycles. The molecule has 3 aromatic rings. The van der Waals surface area contributed by atoms with Crippen LogP contribution < -0.4 is 26.6 Å². The van der Waals surface area contributed by atoms with Crippen LogP contribution in [0.5, 0.6) is 0 Å². The topological polar surface area (TPSA) is 137 Å². The fourth-order valence-electron chi connectivity index (χ4n) is 5.22. The van der Waals surface area contributed by atoms with Crippen molar-refractivity contribution in [2.45, 2.75) is 75.5 Å². The number of anilines is 3. The highest BCUT2D eigenvalue weighted by Crippen LogP contribution is 2.30. The number of carbonyl (C=O) groups is 2. The Labute approximate surface area is 225 Å². The number of nitrogens with one attached hydrogen (secondary N) is 5. The Balaban J connectivity index is 1.16. The predicted molar refractivity (Wildman–Crippen MR) is 146 cm³/mol. The number of fused-ring (bicyclic) bond motifs is 1. The quantitative estimate of drug-likeness (QED) is 0.276. The fourth-order valence-corrected chi connectivity index (χ4v) is 5.40. The summed E-state index contributed by atoms with van der Waals surface area (Å²) in [6.45, 7) is 0.919. The van der Waals surface area contributed by atoms with Crippen molar-refractivity contribution in [3.8, 4) is 0 Å². The summed E-state index contributed by atoms with van der Waals surface area (Å²) in [7, 11) is 0. The SMILES string of the molecule is O=C(Nc1ccnc(Cl)c1)c1cnc2c(NC3CC3)cc(NC3CCC(NC(=O)[C@H]4CCCN4)CC3)nn12. The second-order valence-corrected chi connectivity index (χ2v) is 10.8. The molecule has 2 amide bonds. The van der Waals surface area contributed by atoms with Crippen LogP contribution in [0.15, 0.2) is 30.6 Å². The number of pyridine rings is 1. The first-order valence-electron chi connectivity index (χ1n) is 13.4. The fraction of sp³-hybridized carbons (Fsp3) is 0.500. The Morgan fingerprint density at radius 3 is 2.47 bits per heavy atom. The molecular weight excluding hydrogens is 506 g/mol. The number of rotatable bonds is 8. The van der Waals surface area contributed by atoms with E-state index >= 15 is 0 Å². The first-order valence-corrected chi connectivity index (χ1v) is 13.8. The van der Waals surface area contributed by atoms with E-state index in [9.17, 15) is 9.59 Å². The number of amides is 2. The van der Waals surface area contributed by atoms with Crippen molar-refractivity contribution < 1.29 is 9.59 Å². The van der Waals surface area contributed by atoms with E-state index in [1.165, 1.54) is 12.4 Å². The van der Waals surface area contributed by atoms with Gasteiger partial charge in [0, 0.05) is 36.1 Å². The van der Waals surface area contributed by atoms with Crippen molar-refractivity contribution in [2.75, 3.05) is 22.5 Å². The molecular formula is C26H32ClN9O2. The molecule has 12 heteroatoms. The summed E-state index contributed by atoms with van der Waals surface area (Å²) >= 11 is 5.97. The Hall–Kier alpha value is -3.44. The third-order valence-corrected chi connectivity index (χ3v) is 7.63. The zero-order valence-electron chi connectivity index (χ0n) is 21.0. The average Bonchev–Trinajstić information content (AvgIpc) is 3.36. The van der Waals surface area contributed by atoms with Crippen LogP contribution in [-0.2, 0) is 4.79 Å². The highest BCUT2D eigenvalue weighted by atomic mass is 35.5. The molecule has 0 radical (unpaired) electrons. The Morgan fingerprint density at radius 2 is 1.74 bits per heavy atom. The lowest BCUT2D eigenvalue weighted by molar-refractivity contribution is -0.123. The van der Waals surface area contributed by atoms with Gasteiger partial charge in [0.25, 0.3) is 5.91 Å². The van der Waals surface area contributed by atoms with Gasteiger partial charge in [0.2, 0.25) is 5.91 Å². The third kappa shape index (κ3) is 5.68. The largest absolute Gasteiger partial charge is 0.379 e. The molecule has 38 heavy (non-hydrogen) atoms. The van der Waals surface area contributed by atoms with Crippen molar-refractivity contribution in [3.63, 3.8) is 0 Å². The molecule has 0 aromatic carbocycles. The first kappa shape index (κ1) is 24.9. The highest BCUT2D eigenvalue weighted by Gasteiger charge is 2.28. The number of aromatic nitrogens is 4. The van der Waals surface area contributed by atoms with Crippen LogP contribution in [0, 0.1) is 0 Å². The summed E-state index contributed by atoms with van der Waals surface area (Å²) in [6.07, 6.45) is 11.0. The third-order valence-electron chi connectivity index (χ3n) is 7.42. The van der Waals surface area contributed by atoms with Crippen LogP contribution in [0.3, 0.4) is 0 Å². The van der Waals surface area contributed by atoms with Gasteiger partial charge in [-0.25, -0.2) is 14.5 Å². The van der Waals surface area contributed by atoms with Crippen molar-refractivity contribution >= 4 is 46.3 Å². The maximum absolute atomic E-state index is 13.1. The molecule has 1 aliphatic heterocycles. The monoisotopic (exact) mass is 537 g/mol. The van der Waals surface area contributed by atoms with Crippen LogP contribution in [0.25, 0.3) is 5.65 Å². The molecule has 0 unspecified atom stereocenters. The molecule has 1 saturated heterocycles. The van der Waals surface area contributed by atoms with E-state index in [0.717, 1.165) is 63.6 Å². The number of hydrogen-bond acceptors (Lipinski definition) is 8. The standard InChI is InChI=1S/C26H32ClN9O2/c27-22-12-18(9-11-29-22)34-26(38)21-14-30-24-20(31-15-3-4-15)13-23(35-36(21)24)32-16-5-7-17(8-6-16)33-25(37)19-2-1-10-28-19/h9,11-17,19,28,31H,1-8,10H2,(H,32,35)(H,33,37)(H,29,34,38)/t16?,17?,19-/m1/s1. The second-order valence-electron chi connectivity index (χ2n) is 10.4. The van der Waals surface area contributed by atoms with Crippen LogP contribution in [-0.4, -0.2) is 62.1 Å². The summed E-state index contributed by atoms with van der Waals surface area (Å²) in [5, 5.41) is 21.5. The minimum atomic E-state index is -0.338. The van der Waals surface area contributed by atoms with E-state index in [4.69, 9.17) is 16.7 Å². The Bertz CT molecular complexity index is 1330. The summed E-state index contributed by atoms with van der Waals surface area (Å²) in [6, 6.07) is 6.04. The van der Waals surface area contributed by atoms with Gasteiger partial charge in [-0.3, -0.25) is 9.59 Å². The number of imidazole rings is 1. The molecule has 3 aliphatic rings. The van der Waals surface area contributed by atoms with Gasteiger partial charge in [0.15, 0.2) is 11.3 Å². The predicted octanol–water partition coefficient (Wildman–Crippen LogP) is 3.20. The number of nitrogens with zero attached hydrogens (tertiary/aromatic N) is 4. The van der Waals surface area contributed by atoms with Crippen LogP contribution >= 0.6 is 11.6 Å². The first-order chi connectivity index (χ1) is 18.5. The van der Waals surface area contributed by atoms with E-state index in [2.05, 4.69) is 36.6 Å². The Morgan fingerprint density at radius 1 is 0.974 bits per heavy atom. The van der Waals surface area contributed by atoms with Gasteiger partial charge < -0.3 is 26.6 Å². The van der Waals surface area contributed by atoms with Crippen molar-refractivity contribution in [3.05, 3.63) is 41.4 Å². The lowest BCUT2D eigenvalue weighted by atomic mass is 9.91. The zero-order valence-corrected chi connectivity index (χ0v) is 21.8. The zero-order chi connectivity index (χ0) is 26.1. The molecule has 11 nitrogen and oxygen atoms in total. The summed E-state index contributed by atoms with van der Waals surface area (Å²) in [5.74, 6) is 0.471. The number of carbonyl (C=O) groups excluding carboxylic acids is 2. The minimum absolute atomic E-state index is 0.0451. The lowest BCUT2D eigenvalue weighted by Crippen LogP contribution is -2.47. The molecule has 2 saturated carbocycles. The van der Waals surface area contributed by atoms with Gasteiger partial charge in [-0.2, -0.15) is 0 Å². The minimum Gasteiger partial charge on any atom is -0.379 e. The molecule has 3 aromatic heterocycles. The molecule has 200 valence electrons. The second kappa shape index (κ2) is 10.7. The van der Waals surface area contributed by atoms with E-state index < -0.39 is 0 Å². The Kier molecular flexibility index (Phi) is 7.03. The van der Waals surface area contributed by atoms with Crippen molar-refractivity contribution in [1.29, 1.82) is 0 Å². The van der Waals surface area contributed by atoms with E-state index in [1.807, 2.05) is 6.07 Å². The van der Waals surface area contributed by atoms with E-state index in [0.29, 0.717) is 34.0 Å². The normalized spacial score (nSPS) is 23.2. The molecule has 6 rings (SSSR count). The average molecular weight is 538 g/mol. The molecule has 4 heterocycles. The van der Waals surface area contributed by atoms with Gasteiger partial charge in [0.1, 0.15) is 11.0 Å². The summed E-state index contributed by atoms with van der Waals surface area (Å²) < 4.78 is 1.59. The highest BCUT2D eigenvalue weighted by molar-refractivity contribution is 6.29. The maximum atomic E-state index is 13.1.